The number of nitrogens with zero attached hydrogens (tertiary/aromatic N) is 3. The number of hydrogen-bond acceptors (Lipinski definition) is 3. The number of carbonyl (C=O) groups is 1. The molecule has 29 heavy (non-hydrogen) atoms. The molecule has 1 unspecified atom stereocenters. The molecular weight excluding hydrogens is 479 g/mol. The van der Waals surface area contributed by atoms with Crippen molar-refractivity contribution in [1.82, 2.24) is 15.1 Å². The molecular formula is C22H35IN4O2. The third-order valence-corrected chi connectivity index (χ3v) is 6.12. The van der Waals surface area contributed by atoms with Crippen LogP contribution in [0.15, 0.2) is 29.3 Å². The largest absolute Gasteiger partial charge is 0.370 e. The van der Waals surface area contributed by atoms with E-state index in [0.717, 1.165) is 44.7 Å². The van der Waals surface area contributed by atoms with Crippen LogP contribution in [-0.4, -0.2) is 69.1 Å². The van der Waals surface area contributed by atoms with Gasteiger partial charge in [-0.05, 0) is 30.9 Å². The van der Waals surface area contributed by atoms with Crippen LogP contribution < -0.4 is 5.32 Å². The molecule has 1 aliphatic carbocycles. The maximum absolute atomic E-state index is 12.8. The standard InChI is InChI=1S/C22H34N4O2.HI/c1-17-9-5-6-10-18(17)19-15-26(13-14-28-19)21(23-2)24-16-22(11-7-8-12-22)20(27)25(3)4;/h5-6,9-10,19H,7-8,11-16H2,1-4H3,(H,23,24);1H. The summed E-state index contributed by atoms with van der Waals surface area (Å²) in [5, 5.41) is 3.52. The van der Waals surface area contributed by atoms with Gasteiger partial charge in [-0.15, -0.1) is 24.0 Å². The molecule has 0 bridgehead atoms. The van der Waals surface area contributed by atoms with Crippen molar-refractivity contribution in [2.24, 2.45) is 10.4 Å². The molecule has 0 aromatic heterocycles. The first-order valence-electron chi connectivity index (χ1n) is 10.3. The molecule has 6 nitrogen and oxygen atoms in total. The van der Waals surface area contributed by atoms with Gasteiger partial charge in [0.05, 0.1) is 18.6 Å². The molecule has 7 heteroatoms. The summed E-state index contributed by atoms with van der Waals surface area (Å²) in [6.07, 6.45) is 4.17. The molecule has 1 aliphatic heterocycles. The number of aliphatic imine (C=N–C) groups is 1. The number of ether oxygens (including phenoxy) is 1. The second-order valence-corrected chi connectivity index (χ2v) is 8.25. The lowest BCUT2D eigenvalue weighted by atomic mass is 9.84. The fourth-order valence-electron chi connectivity index (χ4n) is 4.55. The van der Waals surface area contributed by atoms with Gasteiger partial charge in [0, 0.05) is 34.2 Å². The summed E-state index contributed by atoms with van der Waals surface area (Å²) in [5.74, 6) is 1.09. The van der Waals surface area contributed by atoms with E-state index in [2.05, 4.69) is 46.4 Å². The zero-order valence-electron chi connectivity index (χ0n) is 18.1. The lowest BCUT2D eigenvalue weighted by Crippen LogP contribution is -2.52. The number of amides is 1. The van der Waals surface area contributed by atoms with Crippen molar-refractivity contribution in [1.29, 1.82) is 0 Å². The second-order valence-electron chi connectivity index (χ2n) is 8.25. The van der Waals surface area contributed by atoms with Crippen molar-refractivity contribution in [3.05, 3.63) is 35.4 Å². The highest BCUT2D eigenvalue weighted by Gasteiger charge is 2.42. The van der Waals surface area contributed by atoms with Crippen molar-refractivity contribution >= 4 is 35.8 Å². The Balaban J connectivity index is 0.00000300. The maximum atomic E-state index is 12.8. The summed E-state index contributed by atoms with van der Waals surface area (Å²) >= 11 is 0. The first-order valence-corrected chi connectivity index (χ1v) is 10.3. The van der Waals surface area contributed by atoms with Gasteiger partial charge in [0.1, 0.15) is 6.10 Å². The van der Waals surface area contributed by atoms with Gasteiger partial charge in [0.15, 0.2) is 5.96 Å². The zero-order chi connectivity index (χ0) is 20.1. The normalized spacial score (nSPS) is 21.4. The van der Waals surface area contributed by atoms with Crippen LogP contribution in [-0.2, 0) is 9.53 Å². The molecule has 1 aromatic rings. The summed E-state index contributed by atoms with van der Waals surface area (Å²) in [5.41, 5.74) is 2.18. The van der Waals surface area contributed by atoms with Gasteiger partial charge in [-0.1, -0.05) is 37.1 Å². The lowest BCUT2D eigenvalue weighted by Gasteiger charge is -2.37. The van der Waals surface area contributed by atoms with E-state index in [0.29, 0.717) is 13.2 Å². The lowest BCUT2D eigenvalue weighted by molar-refractivity contribution is -0.138. The van der Waals surface area contributed by atoms with E-state index in [1.165, 1.54) is 11.1 Å². The number of nitrogens with one attached hydrogen (secondary N) is 1. The number of rotatable bonds is 4. The van der Waals surface area contributed by atoms with Crippen molar-refractivity contribution < 1.29 is 9.53 Å². The van der Waals surface area contributed by atoms with Crippen LogP contribution in [0.5, 0.6) is 0 Å². The van der Waals surface area contributed by atoms with Crippen molar-refractivity contribution in [3.8, 4) is 0 Å². The Morgan fingerprint density at radius 3 is 2.62 bits per heavy atom. The van der Waals surface area contributed by atoms with E-state index in [4.69, 9.17) is 4.74 Å². The van der Waals surface area contributed by atoms with Crippen LogP contribution in [0, 0.1) is 12.3 Å². The summed E-state index contributed by atoms with van der Waals surface area (Å²) in [4.78, 5) is 21.3. The fraction of sp³-hybridized carbons (Fsp3) is 0.636. The monoisotopic (exact) mass is 514 g/mol. The predicted molar refractivity (Wildman–Crippen MR) is 128 cm³/mol. The number of guanidine groups is 1. The van der Waals surface area contributed by atoms with Gasteiger partial charge in [-0.25, -0.2) is 0 Å². The minimum atomic E-state index is -0.304. The molecule has 1 N–H and O–H groups in total. The Hall–Kier alpha value is -1.35. The van der Waals surface area contributed by atoms with Crippen molar-refractivity contribution in [3.63, 3.8) is 0 Å². The Bertz CT molecular complexity index is 717. The Kier molecular flexibility index (Phi) is 8.75. The van der Waals surface area contributed by atoms with Crippen molar-refractivity contribution in [2.75, 3.05) is 47.4 Å². The molecule has 162 valence electrons. The fourth-order valence-corrected chi connectivity index (χ4v) is 4.55. The van der Waals surface area contributed by atoms with Gasteiger partial charge in [-0.2, -0.15) is 0 Å². The van der Waals surface area contributed by atoms with Gasteiger partial charge in [-0.3, -0.25) is 9.79 Å². The number of hydrogen-bond donors (Lipinski definition) is 1. The number of morpholine rings is 1. The van der Waals surface area contributed by atoms with E-state index in [1.54, 1.807) is 4.90 Å². The summed E-state index contributed by atoms with van der Waals surface area (Å²) in [6, 6.07) is 8.39. The molecule has 2 fully saturated rings. The topological polar surface area (TPSA) is 57.2 Å². The van der Waals surface area contributed by atoms with Gasteiger partial charge in [0.2, 0.25) is 5.91 Å². The van der Waals surface area contributed by atoms with E-state index in [9.17, 15) is 4.79 Å². The van der Waals surface area contributed by atoms with E-state index >= 15 is 0 Å². The van der Waals surface area contributed by atoms with E-state index in [-0.39, 0.29) is 41.4 Å². The van der Waals surface area contributed by atoms with Gasteiger partial charge < -0.3 is 19.9 Å². The van der Waals surface area contributed by atoms with Crippen LogP contribution in [0.4, 0.5) is 0 Å². The molecule has 1 amide bonds. The number of benzene rings is 1. The molecule has 1 heterocycles. The third kappa shape index (κ3) is 5.42. The summed E-state index contributed by atoms with van der Waals surface area (Å²) in [6.45, 7) is 5.00. The molecule has 1 aromatic carbocycles. The molecule has 1 saturated heterocycles. The third-order valence-electron chi connectivity index (χ3n) is 6.12. The van der Waals surface area contributed by atoms with Crippen LogP contribution in [0.1, 0.15) is 42.9 Å². The Morgan fingerprint density at radius 2 is 2.00 bits per heavy atom. The van der Waals surface area contributed by atoms with Crippen LogP contribution in [0.25, 0.3) is 0 Å². The van der Waals surface area contributed by atoms with Crippen LogP contribution in [0.2, 0.25) is 0 Å². The molecule has 0 spiro atoms. The minimum Gasteiger partial charge on any atom is -0.370 e. The number of aryl methyl sites for hydroxylation is 1. The molecule has 0 radical (unpaired) electrons. The van der Waals surface area contributed by atoms with Crippen molar-refractivity contribution in [2.45, 2.75) is 38.7 Å². The zero-order valence-corrected chi connectivity index (χ0v) is 20.4. The molecule has 2 aliphatic rings. The highest BCUT2D eigenvalue weighted by Crippen LogP contribution is 2.39. The first kappa shape index (κ1) is 23.9. The maximum Gasteiger partial charge on any atom is 0.230 e. The Labute approximate surface area is 192 Å². The smallest absolute Gasteiger partial charge is 0.230 e. The molecule has 1 saturated carbocycles. The number of carbonyl (C=O) groups excluding carboxylic acids is 1. The van der Waals surface area contributed by atoms with Crippen LogP contribution in [0.3, 0.4) is 0 Å². The second kappa shape index (κ2) is 10.6. The average molecular weight is 514 g/mol. The van der Waals surface area contributed by atoms with Crippen LogP contribution >= 0.6 is 24.0 Å². The minimum absolute atomic E-state index is 0. The molecule has 1 atom stereocenters. The van der Waals surface area contributed by atoms with Gasteiger partial charge >= 0.3 is 0 Å². The number of halogens is 1. The predicted octanol–water partition coefficient (Wildman–Crippen LogP) is 3.21. The highest BCUT2D eigenvalue weighted by molar-refractivity contribution is 14.0. The first-order chi connectivity index (χ1) is 13.5. The SMILES string of the molecule is CN=C(NCC1(C(=O)N(C)C)CCCC1)N1CCOC(c2ccccc2C)C1.I. The Morgan fingerprint density at radius 1 is 1.31 bits per heavy atom. The summed E-state index contributed by atoms with van der Waals surface area (Å²) in [7, 11) is 5.52. The van der Waals surface area contributed by atoms with E-state index < -0.39 is 0 Å². The quantitative estimate of drug-likeness (QED) is 0.381. The summed E-state index contributed by atoms with van der Waals surface area (Å²) < 4.78 is 6.05. The van der Waals surface area contributed by atoms with Gasteiger partial charge in [0.25, 0.3) is 0 Å². The average Bonchev–Trinajstić information content (AvgIpc) is 3.18. The van der Waals surface area contributed by atoms with E-state index in [1.807, 2.05) is 21.1 Å². The molecule has 3 rings (SSSR count). The highest BCUT2D eigenvalue weighted by atomic mass is 127.